The van der Waals surface area contributed by atoms with Crippen LogP contribution in [0.2, 0.25) is 0 Å². The molecule has 0 fully saturated rings. The van der Waals surface area contributed by atoms with Crippen LogP contribution in [0.4, 0.5) is 0 Å². The standard InChI is InChI=1S/C11H20N4OS/c1-3-16-8-4-5-14-11(17)15(2)9-10-12-6-7-13-10/h6-7H,3-5,8-9H2,1-2H3,(H,12,13)(H,14,17). The van der Waals surface area contributed by atoms with Crippen molar-refractivity contribution in [1.82, 2.24) is 20.2 Å². The Kier molecular flexibility index (Phi) is 6.57. The average molecular weight is 256 g/mol. The fourth-order valence-corrected chi connectivity index (χ4v) is 1.50. The van der Waals surface area contributed by atoms with Crippen molar-refractivity contribution in [3.63, 3.8) is 0 Å². The molecule has 96 valence electrons. The van der Waals surface area contributed by atoms with Gasteiger partial charge in [0.1, 0.15) is 5.82 Å². The van der Waals surface area contributed by atoms with Crippen LogP contribution in [-0.2, 0) is 11.3 Å². The first kappa shape index (κ1) is 13.9. The molecule has 0 amide bonds. The van der Waals surface area contributed by atoms with Crippen molar-refractivity contribution in [1.29, 1.82) is 0 Å². The lowest BCUT2D eigenvalue weighted by atomic mass is 10.4. The van der Waals surface area contributed by atoms with Crippen molar-refractivity contribution in [2.45, 2.75) is 19.9 Å². The molecule has 0 bridgehead atoms. The van der Waals surface area contributed by atoms with Gasteiger partial charge in [0, 0.05) is 39.2 Å². The summed E-state index contributed by atoms with van der Waals surface area (Å²) in [5.41, 5.74) is 0. The molecule has 0 saturated heterocycles. The number of nitrogens with zero attached hydrogens (tertiary/aromatic N) is 2. The first-order valence-corrected chi connectivity index (χ1v) is 6.19. The zero-order valence-corrected chi connectivity index (χ0v) is 11.2. The number of ether oxygens (including phenoxy) is 1. The Labute approximate surface area is 108 Å². The largest absolute Gasteiger partial charge is 0.382 e. The predicted octanol–water partition coefficient (Wildman–Crippen LogP) is 1.14. The van der Waals surface area contributed by atoms with E-state index in [4.69, 9.17) is 17.0 Å². The number of hydrogen-bond donors (Lipinski definition) is 2. The van der Waals surface area contributed by atoms with Gasteiger partial charge in [0.25, 0.3) is 0 Å². The molecule has 0 aliphatic carbocycles. The van der Waals surface area contributed by atoms with E-state index in [0.717, 1.165) is 37.1 Å². The highest BCUT2D eigenvalue weighted by molar-refractivity contribution is 7.80. The first-order valence-electron chi connectivity index (χ1n) is 5.79. The molecule has 2 N–H and O–H groups in total. The van der Waals surface area contributed by atoms with E-state index in [9.17, 15) is 0 Å². The van der Waals surface area contributed by atoms with Crippen LogP contribution < -0.4 is 5.32 Å². The van der Waals surface area contributed by atoms with Crippen molar-refractivity contribution in [3.8, 4) is 0 Å². The van der Waals surface area contributed by atoms with E-state index in [1.54, 1.807) is 6.20 Å². The molecule has 17 heavy (non-hydrogen) atoms. The Morgan fingerprint density at radius 2 is 2.47 bits per heavy atom. The third kappa shape index (κ3) is 5.65. The lowest BCUT2D eigenvalue weighted by Gasteiger charge is -2.19. The van der Waals surface area contributed by atoms with Crippen LogP contribution in [0.15, 0.2) is 12.4 Å². The number of hydrogen-bond acceptors (Lipinski definition) is 3. The van der Waals surface area contributed by atoms with Gasteiger partial charge in [-0.05, 0) is 25.6 Å². The predicted molar refractivity (Wildman–Crippen MR) is 71.8 cm³/mol. The molecular weight excluding hydrogens is 236 g/mol. The molecule has 6 heteroatoms. The highest BCUT2D eigenvalue weighted by Gasteiger charge is 2.05. The minimum atomic E-state index is 0.685. The van der Waals surface area contributed by atoms with Crippen molar-refractivity contribution in [3.05, 3.63) is 18.2 Å². The molecule has 0 aromatic carbocycles. The Bertz CT molecular complexity index is 315. The van der Waals surface area contributed by atoms with Crippen LogP contribution in [0.1, 0.15) is 19.2 Å². The molecule has 0 aliphatic heterocycles. The number of H-pyrrole nitrogens is 1. The number of nitrogens with one attached hydrogen (secondary N) is 2. The quantitative estimate of drug-likeness (QED) is 0.566. The fraction of sp³-hybridized carbons (Fsp3) is 0.636. The van der Waals surface area contributed by atoms with Crippen molar-refractivity contribution < 1.29 is 4.74 Å². The summed E-state index contributed by atoms with van der Waals surface area (Å²) >= 11 is 5.26. The molecule has 1 aromatic rings. The molecular formula is C11H20N4OS. The molecule has 0 radical (unpaired) electrons. The molecule has 0 unspecified atom stereocenters. The molecule has 1 aromatic heterocycles. The van der Waals surface area contributed by atoms with Gasteiger partial charge < -0.3 is 19.9 Å². The maximum Gasteiger partial charge on any atom is 0.169 e. The highest BCUT2D eigenvalue weighted by atomic mass is 32.1. The molecule has 1 rings (SSSR count). The Balaban J connectivity index is 2.14. The third-order valence-electron chi connectivity index (χ3n) is 2.23. The number of aromatic nitrogens is 2. The number of imidazole rings is 1. The SMILES string of the molecule is CCOCCCNC(=S)N(C)Cc1ncc[nH]1. The average Bonchev–Trinajstić information content (AvgIpc) is 2.81. The van der Waals surface area contributed by atoms with Crippen LogP contribution in [0.5, 0.6) is 0 Å². The normalized spacial score (nSPS) is 10.2. The molecule has 0 spiro atoms. The highest BCUT2D eigenvalue weighted by Crippen LogP contribution is 1.96. The number of aromatic amines is 1. The van der Waals surface area contributed by atoms with E-state index in [-0.39, 0.29) is 0 Å². The van der Waals surface area contributed by atoms with Crippen molar-refractivity contribution in [2.24, 2.45) is 0 Å². The Morgan fingerprint density at radius 1 is 1.65 bits per heavy atom. The molecule has 5 nitrogen and oxygen atoms in total. The van der Waals surface area contributed by atoms with E-state index >= 15 is 0 Å². The van der Waals surface area contributed by atoms with Crippen LogP contribution in [-0.4, -0.2) is 46.8 Å². The van der Waals surface area contributed by atoms with E-state index in [1.807, 2.05) is 25.1 Å². The fourth-order valence-electron chi connectivity index (χ4n) is 1.33. The van der Waals surface area contributed by atoms with E-state index in [2.05, 4.69) is 15.3 Å². The second-order valence-electron chi connectivity index (χ2n) is 3.67. The summed E-state index contributed by atoms with van der Waals surface area (Å²) < 4.78 is 5.25. The minimum absolute atomic E-state index is 0.685. The summed E-state index contributed by atoms with van der Waals surface area (Å²) in [5.74, 6) is 0.908. The van der Waals surface area contributed by atoms with Crippen LogP contribution in [0.3, 0.4) is 0 Å². The molecule has 0 saturated carbocycles. The van der Waals surface area contributed by atoms with Gasteiger partial charge >= 0.3 is 0 Å². The monoisotopic (exact) mass is 256 g/mol. The van der Waals surface area contributed by atoms with Gasteiger partial charge in [-0.25, -0.2) is 4.98 Å². The van der Waals surface area contributed by atoms with Gasteiger partial charge in [0.2, 0.25) is 0 Å². The van der Waals surface area contributed by atoms with Gasteiger partial charge in [-0.2, -0.15) is 0 Å². The zero-order chi connectivity index (χ0) is 12.5. The van der Waals surface area contributed by atoms with Gasteiger partial charge in [-0.1, -0.05) is 0 Å². The summed E-state index contributed by atoms with van der Waals surface area (Å²) in [6, 6.07) is 0. The number of thiocarbonyl (C=S) groups is 1. The van der Waals surface area contributed by atoms with E-state index in [1.165, 1.54) is 0 Å². The van der Waals surface area contributed by atoms with Crippen LogP contribution in [0, 0.1) is 0 Å². The molecule has 0 atom stereocenters. The maximum absolute atomic E-state index is 5.26. The zero-order valence-electron chi connectivity index (χ0n) is 10.4. The van der Waals surface area contributed by atoms with Gasteiger partial charge in [-0.3, -0.25) is 0 Å². The summed E-state index contributed by atoms with van der Waals surface area (Å²) in [5, 5.41) is 3.92. The van der Waals surface area contributed by atoms with Gasteiger partial charge in [0.15, 0.2) is 5.11 Å². The van der Waals surface area contributed by atoms with E-state index < -0.39 is 0 Å². The Hall–Kier alpha value is -1.14. The molecule has 0 aliphatic rings. The van der Waals surface area contributed by atoms with Gasteiger partial charge in [0.05, 0.1) is 6.54 Å². The van der Waals surface area contributed by atoms with Crippen LogP contribution in [0.25, 0.3) is 0 Å². The van der Waals surface area contributed by atoms with Crippen molar-refractivity contribution >= 4 is 17.3 Å². The second-order valence-corrected chi connectivity index (χ2v) is 4.06. The smallest absolute Gasteiger partial charge is 0.169 e. The Morgan fingerprint density at radius 3 is 3.12 bits per heavy atom. The van der Waals surface area contributed by atoms with Crippen molar-refractivity contribution in [2.75, 3.05) is 26.8 Å². The third-order valence-corrected chi connectivity index (χ3v) is 2.69. The topological polar surface area (TPSA) is 53.2 Å². The summed E-state index contributed by atoms with van der Waals surface area (Å²) in [4.78, 5) is 9.15. The summed E-state index contributed by atoms with van der Waals surface area (Å²) in [6.45, 7) is 5.05. The van der Waals surface area contributed by atoms with E-state index in [0.29, 0.717) is 6.54 Å². The maximum atomic E-state index is 5.26. The summed E-state index contributed by atoms with van der Waals surface area (Å²) in [7, 11) is 1.94. The van der Waals surface area contributed by atoms with Gasteiger partial charge in [-0.15, -0.1) is 0 Å². The lowest BCUT2D eigenvalue weighted by Crippen LogP contribution is -2.37. The second kappa shape index (κ2) is 8.03. The minimum Gasteiger partial charge on any atom is -0.382 e. The first-order chi connectivity index (χ1) is 8.24. The summed E-state index contributed by atoms with van der Waals surface area (Å²) in [6.07, 6.45) is 4.51. The number of rotatable bonds is 7. The van der Waals surface area contributed by atoms with Crippen LogP contribution >= 0.6 is 12.2 Å². The lowest BCUT2D eigenvalue weighted by molar-refractivity contribution is 0.145. The molecule has 1 heterocycles.